The van der Waals surface area contributed by atoms with E-state index in [0.717, 1.165) is 11.1 Å². The number of carbonyl (C=O) groups excluding carboxylic acids is 1. The van der Waals surface area contributed by atoms with Gasteiger partial charge < -0.3 is 4.74 Å². The lowest BCUT2D eigenvalue weighted by Crippen LogP contribution is -2.24. The van der Waals surface area contributed by atoms with Crippen LogP contribution >= 0.6 is 0 Å². The third-order valence-corrected chi connectivity index (χ3v) is 2.78. The maximum atomic E-state index is 11.6. The number of hydrogen-bond donors (Lipinski definition) is 1. The Morgan fingerprint density at radius 1 is 1.33 bits per heavy atom. The van der Waals surface area contributed by atoms with E-state index in [4.69, 9.17) is 4.74 Å². The smallest absolute Gasteiger partial charge is 0.277 e. The fourth-order valence-corrected chi connectivity index (χ4v) is 1.66. The molecule has 2 aromatic rings. The molecule has 1 heterocycles. The van der Waals surface area contributed by atoms with Gasteiger partial charge in [0.05, 0.1) is 11.9 Å². The number of aromatic nitrogens is 1. The highest BCUT2D eigenvalue weighted by atomic mass is 16.5. The molecule has 108 valence electrons. The molecule has 0 radical (unpaired) electrons. The van der Waals surface area contributed by atoms with Gasteiger partial charge in [0.2, 0.25) is 0 Å². The minimum absolute atomic E-state index is 0.0795. The first-order valence-corrected chi connectivity index (χ1v) is 6.58. The summed E-state index contributed by atoms with van der Waals surface area (Å²) in [6.07, 6.45) is 3.14. The van der Waals surface area contributed by atoms with Gasteiger partial charge in [-0.2, -0.15) is 5.10 Å². The van der Waals surface area contributed by atoms with E-state index in [-0.39, 0.29) is 12.5 Å². The number of benzene rings is 1. The van der Waals surface area contributed by atoms with Crippen LogP contribution in [0.15, 0.2) is 47.7 Å². The lowest BCUT2D eigenvalue weighted by Gasteiger charge is -2.08. The summed E-state index contributed by atoms with van der Waals surface area (Å²) in [6, 6.07) is 11.3. The van der Waals surface area contributed by atoms with Gasteiger partial charge >= 0.3 is 0 Å². The Morgan fingerprint density at radius 2 is 2.19 bits per heavy atom. The Hall–Kier alpha value is -2.69. The molecule has 2 rings (SSSR count). The van der Waals surface area contributed by atoms with Gasteiger partial charge in [0.25, 0.3) is 5.91 Å². The maximum absolute atomic E-state index is 11.6. The minimum Gasteiger partial charge on any atom is -0.483 e. The predicted octanol–water partition coefficient (Wildman–Crippen LogP) is 2.23. The quantitative estimate of drug-likeness (QED) is 0.676. The molecule has 0 aliphatic rings. The van der Waals surface area contributed by atoms with E-state index in [2.05, 4.69) is 15.5 Å². The first-order valence-electron chi connectivity index (χ1n) is 6.58. The average Bonchev–Trinajstić information content (AvgIpc) is 2.49. The number of nitrogens with one attached hydrogen (secondary N) is 1. The molecule has 1 aromatic carbocycles. The second-order valence-electron chi connectivity index (χ2n) is 4.61. The maximum Gasteiger partial charge on any atom is 0.277 e. The number of carbonyl (C=O) groups is 1. The molecule has 0 saturated heterocycles. The highest BCUT2D eigenvalue weighted by molar-refractivity contribution is 5.81. The third-order valence-electron chi connectivity index (χ3n) is 2.78. The standard InChI is InChI=1S/C16H17N3O2/c1-12-6-7-13(2)15(9-12)21-11-16(20)19-18-10-14-5-3-4-8-17-14/h3-10H,11H2,1-2H3,(H,19,20)/b18-10-. The van der Waals surface area contributed by atoms with Crippen molar-refractivity contribution in [3.63, 3.8) is 0 Å². The number of nitrogens with zero attached hydrogens (tertiary/aromatic N) is 2. The summed E-state index contributed by atoms with van der Waals surface area (Å²) in [5.41, 5.74) is 5.15. The van der Waals surface area contributed by atoms with Crippen LogP contribution in [0.4, 0.5) is 0 Å². The Morgan fingerprint density at radius 3 is 2.95 bits per heavy atom. The predicted molar refractivity (Wildman–Crippen MR) is 81.4 cm³/mol. The second-order valence-corrected chi connectivity index (χ2v) is 4.61. The van der Waals surface area contributed by atoms with Gasteiger partial charge in [0.15, 0.2) is 6.61 Å². The van der Waals surface area contributed by atoms with Crippen molar-refractivity contribution < 1.29 is 9.53 Å². The molecule has 1 N–H and O–H groups in total. The highest BCUT2D eigenvalue weighted by Gasteiger charge is 2.04. The number of amides is 1. The van der Waals surface area contributed by atoms with Crippen molar-refractivity contribution in [1.29, 1.82) is 0 Å². The monoisotopic (exact) mass is 283 g/mol. The van der Waals surface area contributed by atoms with E-state index < -0.39 is 0 Å². The highest BCUT2D eigenvalue weighted by Crippen LogP contribution is 2.18. The van der Waals surface area contributed by atoms with Gasteiger partial charge in [-0.1, -0.05) is 18.2 Å². The fraction of sp³-hybridized carbons (Fsp3) is 0.188. The van der Waals surface area contributed by atoms with Crippen LogP contribution in [0.25, 0.3) is 0 Å². The largest absolute Gasteiger partial charge is 0.483 e. The normalized spacial score (nSPS) is 10.6. The summed E-state index contributed by atoms with van der Waals surface area (Å²) < 4.78 is 5.48. The Bertz CT molecular complexity index is 639. The summed E-state index contributed by atoms with van der Waals surface area (Å²) in [6.45, 7) is 3.83. The topological polar surface area (TPSA) is 63.6 Å². The number of hydrogen-bond acceptors (Lipinski definition) is 4. The minimum atomic E-state index is -0.317. The molecule has 0 atom stereocenters. The van der Waals surface area contributed by atoms with E-state index in [0.29, 0.717) is 11.4 Å². The Kier molecular flexibility index (Phi) is 5.04. The summed E-state index contributed by atoms with van der Waals surface area (Å²) in [5.74, 6) is 0.391. The average molecular weight is 283 g/mol. The zero-order chi connectivity index (χ0) is 15.1. The lowest BCUT2D eigenvalue weighted by atomic mass is 10.1. The third kappa shape index (κ3) is 4.72. The number of pyridine rings is 1. The summed E-state index contributed by atoms with van der Waals surface area (Å²) in [4.78, 5) is 15.7. The van der Waals surface area contributed by atoms with Crippen molar-refractivity contribution in [3.05, 3.63) is 59.4 Å². The number of rotatable bonds is 5. The number of hydrazone groups is 1. The van der Waals surface area contributed by atoms with Crippen LogP contribution in [0.1, 0.15) is 16.8 Å². The zero-order valence-electron chi connectivity index (χ0n) is 12.0. The van der Waals surface area contributed by atoms with Gasteiger partial charge in [-0.25, -0.2) is 5.43 Å². The lowest BCUT2D eigenvalue weighted by molar-refractivity contribution is -0.123. The van der Waals surface area contributed by atoms with Crippen LogP contribution in [0.2, 0.25) is 0 Å². The molecule has 0 unspecified atom stereocenters. The molecule has 1 amide bonds. The molecule has 0 bridgehead atoms. The number of aryl methyl sites for hydroxylation is 2. The summed E-state index contributed by atoms with van der Waals surface area (Å²) in [7, 11) is 0. The first kappa shape index (κ1) is 14.7. The van der Waals surface area contributed by atoms with Gasteiger partial charge in [-0.3, -0.25) is 9.78 Å². The first-order chi connectivity index (χ1) is 10.1. The summed E-state index contributed by atoms with van der Waals surface area (Å²) >= 11 is 0. The molecule has 0 saturated carbocycles. The van der Waals surface area contributed by atoms with Gasteiger partial charge in [0, 0.05) is 6.20 Å². The van der Waals surface area contributed by atoms with E-state index in [1.165, 1.54) is 6.21 Å². The van der Waals surface area contributed by atoms with Crippen molar-refractivity contribution >= 4 is 12.1 Å². The van der Waals surface area contributed by atoms with E-state index >= 15 is 0 Å². The molecular weight excluding hydrogens is 266 g/mol. The van der Waals surface area contributed by atoms with Crippen molar-refractivity contribution in [2.45, 2.75) is 13.8 Å². The van der Waals surface area contributed by atoms with Crippen molar-refractivity contribution in [3.8, 4) is 5.75 Å². The Balaban J connectivity index is 1.82. The molecule has 1 aromatic heterocycles. The van der Waals surface area contributed by atoms with Crippen molar-refractivity contribution in [1.82, 2.24) is 10.4 Å². The van der Waals surface area contributed by atoms with Crippen LogP contribution in [0.5, 0.6) is 5.75 Å². The molecule has 0 aliphatic heterocycles. The fourth-order valence-electron chi connectivity index (χ4n) is 1.66. The van der Waals surface area contributed by atoms with E-state index in [1.807, 2.05) is 44.2 Å². The molecule has 21 heavy (non-hydrogen) atoms. The van der Waals surface area contributed by atoms with E-state index in [9.17, 15) is 4.79 Å². The van der Waals surface area contributed by atoms with Crippen molar-refractivity contribution in [2.24, 2.45) is 5.10 Å². The van der Waals surface area contributed by atoms with Crippen LogP contribution in [-0.2, 0) is 4.79 Å². The van der Waals surface area contributed by atoms with Crippen LogP contribution in [0.3, 0.4) is 0 Å². The molecule has 5 heteroatoms. The van der Waals surface area contributed by atoms with Crippen LogP contribution < -0.4 is 10.2 Å². The second kappa shape index (κ2) is 7.19. The van der Waals surface area contributed by atoms with Gasteiger partial charge in [-0.15, -0.1) is 0 Å². The molecular formula is C16H17N3O2. The molecule has 0 fully saturated rings. The Labute approximate surface area is 123 Å². The van der Waals surface area contributed by atoms with Crippen LogP contribution in [0, 0.1) is 13.8 Å². The van der Waals surface area contributed by atoms with Crippen molar-refractivity contribution in [2.75, 3.05) is 6.61 Å². The van der Waals surface area contributed by atoms with Crippen LogP contribution in [-0.4, -0.2) is 23.7 Å². The zero-order valence-corrected chi connectivity index (χ0v) is 12.0. The molecule has 0 aliphatic carbocycles. The SMILES string of the molecule is Cc1ccc(C)c(OCC(=O)N/N=C\c2ccccn2)c1. The molecule has 0 spiro atoms. The van der Waals surface area contributed by atoms with Gasteiger partial charge in [0.1, 0.15) is 5.75 Å². The van der Waals surface area contributed by atoms with E-state index in [1.54, 1.807) is 12.3 Å². The van der Waals surface area contributed by atoms with Gasteiger partial charge in [-0.05, 0) is 43.2 Å². The number of ether oxygens (including phenoxy) is 1. The summed E-state index contributed by atoms with van der Waals surface area (Å²) in [5, 5.41) is 3.83. The molecule has 5 nitrogen and oxygen atoms in total.